The second-order valence-corrected chi connectivity index (χ2v) is 10.9. The second-order valence-electron chi connectivity index (χ2n) is 9.45. The Morgan fingerprint density at radius 2 is 1.82 bits per heavy atom. The third-order valence-corrected chi connectivity index (χ3v) is 8.07. The van der Waals surface area contributed by atoms with Crippen molar-refractivity contribution < 1.29 is 14.3 Å². The smallest absolute Gasteiger partial charge is 0.338 e. The first-order chi connectivity index (χ1) is 19.2. The number of fused-ring (bicyclic) bond motifs is 1. The van der Waals surface area contributed by atoms with Gasteiger partial charge in [0.05, 0.1) is 35.1 Å². The van der Waals surface area contributed by atoms with Gasteiger partial charge in [0.25, 0.3) is 5.56 Å². The van der Waals surface area contributed by atoms with Gasteiger partial charge in [0.15, 0.2) is 4.80 Å². The number of ether oxygens (including phenoxy) is 2. The molecule has 0 saturated heterocycles. The lowest BCUT2D eigenvalue weighted by atomic mass is 9.96. The predicted molar refractivity (Wildman–Crippen MR) is 158 cm³/mol. The van der Waals surface area contributed by atoms with Gasteiger partial charge < -0.3 is 14.0 Å². The molecule has 2 aromatic carbocycles. The van der Waals surface area contributed by atoms with E-state index in [9.17, 15) is 9.59 Å². The second kappa shape index (κ2) is 11.3. The zero-order valence-corrected chi connectivity index (χ0v) is 24.6. The van der Waals surface area contributed by atoms with E-state index in [-0.39, 0.29) is 12.2 Å². The third-order valence-electron chi connectivity index (χ3n) is 6.85. The van der Waals surface area contributed by atoms with Crippen molar-refractivity contribution in [2.45, 2.75) is 40.7 Å². The van der Waals surface area contributed by atoms with Gasteiger partial charge in [-0.15, -0.1) is 0 Å². The Hall–Kier alpha value is -3.88. The Labute approximate surface area is 241 Å². The lowest BCUT2D eigenvalue weighted by Gasteiger charge is -2.24. The molecule has 0 radical (unpaired) electrons. The fourth-order valence-electron chi connectivity index (χ4n) is 5.11. The Balaban J connectivity index is 1.67. The van der Waals surface area contributed by atoms with Crippen molar-refractivity contribution in [3.63, 3.8) is 0 Å². The SMILES string of the molecule is CCOC(=O)C1=C(C)N=c2s/c(=C\c3cc(C)n(-c4cccc(Cl)c4)c3C)c(=O)n2[C@@H]1c1ccc(OCC)cc1. The number of allylic oxidation sites excluding steroid dienone is 1. The Kier molecular flexibility index (Phi) is 7.83. The van der Waals surface area contributed by atoms with Crippen LogP contribution in [0.5, 0.6) is 5.75 Å². The molecule has 9 heteroatoms. The largest absolute Gasteiger partial charge is 0.494 e. The van der Waals surface area contributed by atoms with Gasteiger partial charge in [-0.25, -0.2) is 9.79 Å². The van der Waals surface area contributed by atoms with Crippen LogP contribution < -0.4 is 19.6 Å². The average Bonchev–Trinajstić information content (AvgIpc) is 3.38. The maximum absolute atomic E-state index is 14.0. The molecule has 0 saturated carbocycles. The standard InChI is InChI=1S/C31H30ClN3O4S/c1-6-38-25-13-11-21(12-14-25)28-27(30(37)39-7-2)19(4)33-31-35(28)29(36)26(40-31)16-22-15-18(3)34(20(22)5)24-10-8-9-23(32)17-24/h8-17,28H,6-7H2,1-5H3/b26-16-/t28-/m1/s1. The van der Waals surface area contributed by atoms with Crippen LogP contribution >= 0.6 is 22.9 Å². The van der Waals surface area contributed by atoms with Gasteiger partial charge >= 0.3 is 5.97 Å². The summed E-state index contributed by atoms with van der Waals surface area (Å²) >= 11 is 7.56. The normalized spacial score (nSPS) is 15.2. The highest BCUT2D eigenvalue weighted by atomic mass is 35.5. The summed E-state index contributed by atoms with van der Waals surface area (Å²) in [5, 5.41) is 0.655. The van der Waals surface area contributed by atoms with Crippen molar-refractivity contribution in [2.75, 3.05) is 13.2 Å². The van der Waals surface area contributed by atoms with E-state index >= 15 is 0 Å². The zero-order chi connectivity index (χ0) is 28.6. The molecule has 3 heterocycles. The summed E-state index contributed by atoms with van der Waals surface area (Å²) in [6.07, 6.45) is 1.89. The highest BCUT2D eigenvalue weighted by Gasteiger charge is 2.33. The van der Waals surface area contributed by atoms with Crippen LogP contribution in [0.3, 0.4) is 0 Å². The number of esters is 1. The monoisotopic (exact) mass is 575 g/mol. The number of carbonyl (C=O) groups is 1. The molecular weight excluding hydrogens is 546 g/mol. The maximum atomic E-state index is 14.0. The minimum atomic E-state index is -0.674. The number of benzene rings is 2. The van der Waals surface area contributed by atoms with Crippen LogP contribution in [-0.4, -0.2) is 28.3 Å². The molecule has 0 spiro atoms. The van der Waals surface area contributed by atoms with Crippen LogP contribution in [-0.2, 0) is 9.53 Å². The first-order valence-corrected chi connectivity index (χ1v) is 14.3. The summed E-state index contributed by atoms with van der Waals surface area (Å²) in [5.74, 6) is 0.231. The molecule has 2 aromatic heterocycles. The van der Waals surface area contributed by atoms with Gasteiger partial charge in [-0.2, -0.15) is 0 Å². The minimum absolute atomic E-state index is 0.218. The summed E-state index contributed by atoms with van der Waals surface area (Å²) in [7, 11) is 0. The van der Waals surface area contributed by atoms with Crippen molar-refractivity contribution in [1.29, 1.82) is 0 Å². The van der Waals surface area contributed by atoms with Crippen molar-refractivity contribution in [3.05, 3.63) is 113 Å². The topological polar surface area (TPSA) is 74.8 Å². The van der Waals surface area contributed by atoms with Gasteiger partial charge in [0, 0.05) is 22.1 Å². The van der Waals surface area contributed by atoms with Crippen LogP contribution in [0.4, 0.5) is 0 Å². The van der Waals surface area contributed by atoms with Crippen molar-refractivity contribution in [3.8, 4) is 11.4 Å². The van der Waals surface area contributed by atoms with Crippen LogP contribution in [0.1, 0.15) is 49.3 Å². The summed E-state index contributed by atoms with van der Waals surface area (Å²) in [5.41, 5.74) is 5.31. The number of aryl methyl sites for hydroxylation is 1. The average molecular weight is 576 g/mol. The van der Waals surface area contributed by atoms with Gasteiger partial charge in [-0.1, -0.05) is 41.1 Å². The highest BCUT2D eigenvalue weighted by Crippen LogP contribution is 2.32. The number of aromatic nitrogens is 2. The number of hydrogen-bond acceptors (Lipinski definition) is 6. The number of carbonyl (C=O) groups excluding carboxylic acids is 1. The van der Waals surface area contributed by atoms with E-state index in [0.29, 0.717) is 38.0 Å². The molecule has 206 valence electrons. The van der Waals surface area contributed by atoms with E-state index in [2.05, 4.69) is 9.56 Å². The lowest BCUT2D eigenvalue weighted by Crippen LogP contribution is -2.39. The summed E-state index contributed by atoms with van der Waals surface area (Å²) < 4.78 is 15.2. The first kappa shape index (κ1) is 27.7. The van der Waals surface area contributed by atoms with Gasteiger partial charge in [-0.3, -0.25) is 9.36 Å². The maximum Gasteiger partial charge on any atom is 0.338 e. The minimum Gasteiger partial charge on any atom is -0.494 e. The van der Waals surface area contributed by atoms with Gasteiger partial charge in [0.2, 0.25) is 0 Å². The fraction of sp³-hybridized carbons (Fsp3) is 0.258. The summed E-state index contributed by atoms with van der Waals surface area (Å²) in [6.45, 7) is 10.3. The van der Waals surface area contributed by atoms with E-state index < -0.39 is 12.0 Å². The highest BCUT2D eigenvalue weighted by molar-refractivity contribution is 7.07. The molecule has 0 amide bonds. The molecule has 7 nitrogen and oxygen atoms in total. The number of hydrogen-bond donors (Lipinski definition) is 0. The molecule has 0 fully saturated rings. The Morgan fingerprint density at radius 3 is 2.50 bits per heavy atom. The molecule has 1 atom stereocenters. The molecule has 1 aliphatic rings. The van der Waals surface area contributed by atoms with E-state index in [1.807, 2.05) is 81.4 Å². The first-order valence-electron chi connectivity index (χ1n) is 13.1. The van der Waals surface area contributed by atoms with Crippen LogP contribution in [0, 0.1) is 13.8 Å². The number of nitrogens with zero attached hydrogens (tertiary/aromatic N) is 3. The van der Waals surface area contributed by atoms with Crippen LogP contribution in [0.25, 0.3) is 11.8 Å². The van der Waals surface area contributed by atoms with Crippen molar-refractivity contribution in [2.24, 2.45) is 4.99 Å². The number of thiazole rings is 1. The molecule has 0 aliphatic carbocycles. The summed E-state index contributed by atoms with van der Waals surface area (Å²) in [4.78, 5) is 32.3. The van der Waals surface area contributed by atoms with E-state index in [0.717, 1.165) is 28.2 Å². The molecular formula is C31H30ClN3O4S. The van der Waals surface area contributed by atoms with E-state index in [1.54, 1.807) is 18.4 Å². The molecule has 0 N–H and O–H groups in total. The number of rotatable bonds is 7. The molecule has 40 heavy (non-hydrogen) atoms. The molecule has 0 unspecified atom stereocenters. The molecule has 1 aliphatic heterocycles. The number of halogens is 1. The lowest BCUT2D eigenvalue weighted by molar-refractivity contribution is -0.139. The molecule has 4 aromatic rings. The third kappa shape index (κ3) is 5.05. The molecule has 5 rings (SSSR count). The van der Waals surface area contributed by atoms with E-state index in [1.165, 1.54) is 11.3 Å². The zero-order valence-electron chi connectivity index (χ0n) is 23.0. The van der Waals surface area contributed by atoms with Crippen molar-refractivity contribution >= 4 is 35.0 Å². The van der Waals surface area contributed by atoms with Gasteiger partial charge in [0.1, 0.15) is 5.75 Å². The molecule has 0 bridgehead atoms. The Bertz CT molecular complexity index is 1810. The fourth-order valence-corrected chi connectivity index (χ4v) is 6.33. The predicted octanol–water partition coefficient (Wildman–Crippen LogP) is 5.26. The van der Waals surface area contributed by atoms with E-state index in [4.69, 9.17) is 21.1 Å². The van der Waals surface area contributed by atoms with Crippen LogP contribution in [0.2, 0.25) is 5.02 Å². The van der Waals surface area contributed by atoms with Gasteiger partial charge in [-0.05, 0) is 88.2 Å². The Morgan fingerprint density at radius 1 is 1.07 bits per heavy atom. The quantitative estimate of drug-likeness (QED) is 0.282. The van der Waals surface area contributed by atoms with Crippen LogP contribution in [0.15, 0.2) is 75.7 Å². The summed E-state index contributed by atoms with van der Waals surface area (Å²) in [6, 6.07) is 16.5. The van der Waals surface area contributed by atoms with Crippen molar-refractivity contribution in [1.82, 2.24) is 9.13 Å².